The van der Waals surface area contributed by atoms with Crippen LogP contribution in [0.2, 0.25) is 0 Å². The highest BCUT2D eigenvalue weighted by atomic mass is 14.2. The first-order valence-electron chi connectivity index (χ1n) is 4.14. The molecule has 0 aromatic rings. The molecule has 0 amide bonds. The van der Waals surface area contributed by atoms with Crippen molar-refractivity contribution in [3.63, 3.8) is 0 Å². The van der Waals surface area contributed by atoms with E-state index in [1.165, 1.54) is 12.8 Å². The molecule has 0 radical (unpaired) electrons. The highest BCUT2D eigenvalue weighted by Gasteiger charge is 2.16. The van der Waals surface area contributed by atoms with Crippen LogP contribution in [0.1, 0.15) is 40.5 Å². The lowest BCUT2D eigenvalue weighted by Crippen LogP contribution is -2.12. The zero-order valence-electron chi connectivity index (χ0n) is 7.78. The third-order valence-electron chi connectivity index (χ3n) is 2.23. The van der Waals surface area contributed by atoms with Crippen LogP contribution in [0.25, 0.3) is 0 Å². The Morgan fingerprint density at radius 3 is 2.30 bits per heavy atom. The van der Waals surface area contributed by atoms with E-state index in [0.29, 0.717) is 11.3 Å². The van der Waals surface area contributed by atoms with E-state index in [1.807, 2.05) is 6.08 Å². The van der Waals surface area contributed by atoms with Crippen molar-refractivity contribution in [1.29, 1.82) is 0 Å². The van der Waals surface area contributed by atoms with E-state index in [2.05, 4.69) is 34.3 Å². The van der Waals surface area contributed by atoms with Gasteiger partial charge in [0.2, 0.25) is 0 Å². The van der Waals surface area contributed by atoms with Crippen molar-refractivity contribution in [3.8, 4) is 0 Å². The molecule has 1 atom stereocenters. The minimum Gasteiger partial charge on any atom is -0.103 e. The van der Waals surface area contributed by atoms with Crippen molar-refractivity contribution in [1.82, 2.24) is 0 Å². The smallest absolute Gasteiger partial charge is 0.0260 e. The van der Waals surface area contributed by atoms with Gasteiger partial charge in [-0.2, -0.15) is 0 Å². The van der Waals surface area contributed by atoms with Crippen molar-refractivity contribution in [2.24, 2.45) is 11.3 Å². The summed E-state index contributed by atoms with van der Waals surface area (Å²) in [5.74, 6) is 0.662. The second kappa shape index (κ2) is 3.80. The molecular formula is C10H20. The number of allylic oxidation sites excluding steroid dienone is 1. The lowest BCUT2D eigenvalue weighted by molar-refractivity contribution is 0.290. The summed E-state index contributed by atoms with van der Waals surface area (Å²) in [6.45, 7) is 12.9. The zero-order valence-corrected chi connectivity index (χ0v) is 7.78. The number of hydrogen-bond acceptors (Lipinski definition) is 0. The van der Waals surface area contributed by atoms with Crippen molar-refractivity contribution >= 4 is 0 Å². The molecule has 0 N–H and O–H groups in total. The van der Waals surface area contributed by atoms with Crippen LogP contribution in [0.4, 0.5) is 0 Å². The van der Waals surface area contributed by atoms with Gasteiger partial charge in [-0.25, -0.2) is 0 Å². The first-order valence-corrected chi connectivity index (χ1v) is 4.14. The van der Waals surface area contributed by atoms with Gasteiger partial charge in [0.1, 0.15) is 0 Å². The predicted molar refractivity (Wildman–Crippen MR) is 48.1 cm³/mol. The fraction of sp³-hybridized carbons (Fsp3) is 0.800. The summed E-state index contributed by atoms with van der Waals surface area (Å²) in [7, 11) is 0. The second-order valence-corrected chi connectivity index (χ2v) is 3.93. The summed E-state index contributed by atoms with van der Waals surface area (Å²) in [5, 5.41) is 0. The van der Waals surface area contributed by atoms with E-state index < -0.39 is 0 Å². The third kappa shape index (κ3) is 3.71. The molecule has 10 heavy (non-hydrogen) atoms. The van der Waals surface area contributed by atoms with Gasteiger partial charge in [-0.1, -0.05) is 40.2 Å². The monoisotopic (exact) mass is 140 g/mol. The SMILES string of the molecule is C=CC(C)CC(C)(C)CC. The fourth-order valence-corrected chi connectivity index (χ4v) is 1.10. The van der Waals surface area contributed by atoms with Gasteiger partial charge >= 0.3 is 0 Å². The van der Waals surface area contributed by atoms with E-state index in [1.54, 1.807) is 0 Å². The molecule has 0 heteroatoms. The van der Waals surface area contributed by atoms with Crippen LogP contribution in [0.15, 0.2) is 12.7 Å². The molecule has 1 unspecified atom stereocenters. The first kappa shape index (κ1) is 9.74. The molecule has 0 aliphatic carbocycles. The van der Waals surface area contributed by atoms with Crippen LogP contribution >= 0.6 is 0 Å². The molecule has 0 aromatic heterocycles. The molecular weight excluding hydrogens is 120 g/mol. The fourth-order valence-electron chi connectivity index (χ4n) is 1.10. The molecule has 60 valence electrons. The molecule has 0 rings (SSSR count). The predicted octanol–water partition coefficient (Wildman–Crippen LogP) is 3.63. The largest absolute Gasteiger partial charge is 0.103 e. The topological polar surface area (TPSA) is 0 Å². The van der Waals surface area contributed by atoms with Gasteiger partial charge in [0, 0.05) is 0 Å². The molecule has 0 nitrogen and oxygen atoms in total. The van der Waals surface area contributed by atoms with Crippen LogP contribution in [0.5, 0.6) is 0 Å². The van der Waals surface area contributed by atoms with E-state index >= 15 is 0 Å². The van der Waals surface area contributed by atoms with Crippen molar-refractivity contribution < 1.29 is 0 Å². The van der Waals surface area contributed by atoms with E-state index in [4.69, 9.17) is 0 Å². The van der Waals surface area contributed by atoms with Gasteiger partial charge < -0.3 is 0 Å². The summed E-state index contributed by atoms with van der Waals surface area (Å²) in [6, 6.07) is 0. The molecule has 0 aliphatic rings. The second-order valence-electron chi connectivity index (χ2n) is 3.93. The molecule has 0 heterocycles. The minimum atomic E-state index is 0.494. The van der Waals surface area contributed by atoms with Gasteiger partial charge in [0.15, 0.2) is 0 Å². The van der Waals surface area contributed by atoms with Gasteiger partial charge in [-0.3, -0.25) is 0 Å². The van der Waals surface area contributed by atoms with Crippen molar-refractivity contribution in [2.45, 2.75) is 40.5 Å². The molecule has 0 saturated heterocycles. The number of hydrogen-bond donors (Lipinski definition) is 0. The van der Waals surface area contributed by atoms with Crippen LogP contribution in [0.3, 0.4) is 0 Å². The Morgan fingerprint density at radius 2 is 2.00 bits per heavy atom. The molecule has 0 aromatic carbocycles. The van der Waals surface area contributed by atoms with Crippen molar-refractivity contribution in [2.75, 3.05) is 0 Å². The van der Waals surface area contributed by atoms with Gasteiger partial charge in [-0.05, 0) is 17.8 Å². The maximum atomic E-state index is 3.78. The first-order chi connectivity index (χ1) is 4.52. The quantitative estimate of drug-likeness (QED) is 0.523. The molecule has 0 saturated carbocycles. The average Bonchev–Trinajstić information content (AvgIpc) is 1.87. The summed E-state index contributed by atoms with van der Waals surface area (Å²) >= 11 is 0. The maximum Gasteiger partial charge on any atom is -0.0260 e. The summed E-state index contributed by atoms with van der Waals surface area (Å²) in [4.78, 5) is 0. The Bertz CT molecular complexity index is 101. The normalized spacial score (nSPS) is 14.8. The Morgan fingerprint density at radius 1 is 1.50 bits per heavy atom. The van der Waals surface area contributed by atoms with E-state index in [9.17, 15) is 0 Å². The van der Waals surface area contributed by atoms with Crippen LogP contribution in [0, 0.1) is 11.3 Å². The summed E-state index contributed by atoms with van der Waals surface area (Å²) in [5.41, 5.74) is 0.494. The number of rotatable bonds is 4. The molecule has 0 aliphatic heterocycles. The van der Waals surface area contributed by atoms with E-state index in [-0.39, 0.29) is 0 Å². The molecule has 0 bridgehead atoms. The van der Waals surface area contributed by atoms with Crippen LogP contribution in [-0.2, 0) is 0 Å². The lowest BCUT2D eigenvalue weighted by Gasteiger charge is -2.24. The Labute approximate surface area is 65.3 Å². The standard InChI is InChI=1S/C10H20/c1-6-9(3)8-10(4,5)7-2/h6,9H,1,7-8H2,2-5H3. The maximum absolute atomic E-state index is 3.78. The van der Waals surface area contributed by atoms with Crippen LogP contribution < -0.4 is 0 Å². The Hall–Kier alpha value is -0.260. The highest BCUT2D eigenvalue weighted by Crippen LogP contribution is 2.28. The molecule has 0 fully saturated rings. The Balaban J connectivity index is 3.75. The van der Waals surface area contributed by atoms with Crippen LogP contribution in [-0.4, -0.2) is 0 Å². The Kier molecular flexibility index (Phi) is 3.70. The van der Waals surface area contributed by atoms with Gasteiger partial charge in [-0.15, -0.1) is 6.58 Å². The van der Waals surface area contributed by atoms with E-state index in [0.717, 1.165) is 0 Å². The molecule has 0 spiro atoms. The van der Waals surface area contributed by atoms with Crippen molar-refractivity contribution in [3.05, 3.63) is 12.7 Å². The summed E-state index contributed by atoms with van der Waals surface area (Å²) in [6.07, 6.45) is 4.55. The average molecular weight is 140 g/mol. The van der Waals surface area contributed by atoms with Gasteiger partial charge in [0.25, 0.3) is 0 Å². The van der Waals surface area contributed by atoms with Gasteiger partial charge in [0.05, 0.1) is 0 Å². The highest BCUT2D eigenvalue weighted by molar-refractivity contribution is 4.80. The lowest BCUT2D eigenvalue weighted by atomic mass is 9.81. The summed E-state index contributed by atoms with van der Waals surface area (Å²) < 4.78 is 0. The zero-order chi connectivity index (χ0) is 8.20. The minimum absolute atomic E-state index is 0.494. The third-order valence-corrected chi connectivity index (χ3v) is 2.23.